The number of anilines is 2. The van der Waals surface area contributed by atoms with Crippen molar-refractivity contribution in [3.05, 3.63) is 53.9 Å². The van der Waals surface area contributed by atoms with Crippen LogP contribution >= 0.6 is 11.3 Å². The molecular weight excluding hydrogens is 414 g/mol. The molecule has 8 heteroatoms. The van der Waals surface area contributed by atoms with Crippen LogP contribution in [0.1, 0.15) is 26.7 Å². The first-order chi connectivity index (χ1) is 15.0. The molecule has 0 aliphatic carbocycles. The Labute approximate surface area is 185 Å². The van der Waals surface area contributed by atoms with E-state index >= 15 is 0 Å². The zero-order valence-corrected chi connectivity index (χ0v) is 18.3. The first-order valence-electron chi connectivity index (χ1n) is 10.0. The highest BCUT2D eigenvalue weighted by atomic mass is 32.1. The first-order valence-corrected chi connectivity index (χ1v) is 10.9. The average molecular weight is 440 g/mol. The molecule has 7 nitrogen and oxygen atoms in total. The van der Waals surface area contributed by atoms with Crippen LogP contribution in [0.5, 0.6) is 11.5 Å². The second kappa shape index (κ2) is 11.1. The number of rotatable bonds is 10. The van der Waals surface area contributed by atoms with Gasteiger partial charge in [0.25, 0.3) is 0 Å². The van der Waals surface area contributed by atoms with E-state index in [4.69, 9.17) is 9.47 Å². The number of ether oxygens (including phenoxy) is 2. The fraction of sp³-hybridized carbons (Fsp3) is 0.261. The number of para-hydroxylation sites is 2. The minimum Gasteiger partial charge on any atom is -0.490 e. The maximum absolute atomic E-state index is 12.2. The van der Waals surface area contributed by atoms with Gasteiger partial charge in [-0.15, -0.1) is 11.3 Å². The third kappa shape index (κ3) is 6.82. The van der Waals surface area contributed by atoms with E-state index in [9.17, 15) is 9.59 Å². The summed E-state index contributed by atoms with van der Waals surface area (Å²) in [5, 5.41) is 7.99. The summed E-state index contributed by atoms with van der Waals surface area (Å²) in [4.78, 5) is 27.8. The van der Waals surface area contributed by atoms with Crippen LogP contribution in [0.3, 0.4) is 0 Å². The largest absolute Gasteiger partial charge is 0.490 e. The molecule has 1 heterocycles. The van der Waals surface area contributed by atoms with Crippen molar-refractivity contribution in [3.63, 3.8) is 0 Å². The summed E-state index contributed by atoms with van der Waals surface area (Å²) in [5.74, 6) is 1.16. The van der Waals surface area contributed by atoms with Crippen molar-refractivity contribution in [2.24, 2.45) is 0 Å². The molecule has 0 aliphatic rings. The van der Waals surface area contributed by atoms with Gasteiger partial charge in [-0.2, -0.15) is 0 Å². The maximum atomic E-state index is 12.2. The highest BCUT2D eigenvalue weighted by Crippen LogP contribution is 2.27. The van der Waals surface area contributed by atoms with Crippen LogP contribution in [0.4, 0.5) is 10.8 Å². The predicted octanol–water partition coefficient (Wildman–Crippen LogP) is 4.96. The van der Waals surface area contributed by atoms with Gasteiger partial charge < -0.3 is 20.1 Å². The fourth-order valence-corrected chi connectivity index (χ4v) is 3.57. The SMILES string of the molecule is CCOc1ccccc1OCCCC(=O)Nc1nc(-c2ccc(NC(C)=O)cc2)cs1. The molecule has 0 aliphatic heterocycles. The number of carbonyl (C=O) groups excluding carboxylic acids is 2. The molecule has 0 radical (unpaired) electrons. The van der Waals surface area contributed by atoms with E-state index in [1.165, 1.54) is 18.3 Å². The summed E-state index contributed by atoms with van der Waals surface area (Å²) in [6.07, 6.45) is 0.909. The molecule has 0 unspecified atom stereocenters. The normalized spacial score (nSPS) is 10.4. The number of aromatic nitrogens is 1. The predicted molar refractivity (Wildman–Crippen MR) is 123 cm³/mol. The van der Waals surface area contributed by atoms with Crippen molar-refractivity contribution in [2.75, 3.05) is 23.8 Å². The smallest absolute Gasteiger partial charge is 0.226 e. The lowest BCUT2D eigenvalue weighted by molar-refractivity contribution is -0.116. The second-order valence-electron chi connectivity index (χ2n) is 6.68. The van der Waals surface area contributed by atoms with Gasteiger partial charge in [0.15, 0.2) is 16.6 Å². The molecule has 0 bridgehead atoms. The lowest BCUT2D eigenvalue weighted by Crippen LogP contribution is -2.12. The van der Waals surface area contributed by atoms with Crippen LogP contribution < -0.4 is 20.1 Å². The van der Waals surface area contributed by atoms with Crippen molar-refractivity contribution < 1.29 is 19.1 Å². The van der Waals surface area contributed by atoms with Crippen LogP contribution in [0, 0.1) is 0 Å². The standard InChI is InChI=1S/C23H25N3O4S/c1-3-29-20-7-4-5-8-21(20)30-14-6-9-22(28)26-23-25-19(15-31-23)17-10-12-18(13-11-17)24-16(2)27/h4-5,7-8,10-13,15H,3,6,9,14H2,1-2H3,(H,24,27)(H,25,26,28). The Balaban J connectivity index is 1.45. The zero-order valence-electron chi connectivity index (χ0n) is 17.5. The molecule has 3 rings (SSSR count). The lowest BCUT2D eigenvalue weighted by atomic mass is 10.1. The number of carbonyl (C=O) groups is 2. The first kappa shape index (κ1) is 22.3. The molecule has 0 saturated carbocycles. The van der Waals surface area contributed by atoms with Crippen molar-refractivity contribution in [3.8, 4) is 22.8 Å². The van der Waals surface area contributed by atoms with Crippen LogP contribution in [0.25, 0.3) is 11.3 Å². The van der Waals surface area contributed by atoms with E-state index in [0.717, 1.165) is 16.9 Å². The highest BCUT2D eigenvalue weighted by Gasteiger charge is 2.09. The summed E-state index contributed by atoms with van der Waals surface area (Å²) in [7, 11) is 0. The summed E-state index contributed by atoms with van der Waals surface area (Å²) < 4.78 is 11.3. The molecule has 0 spiro atoms. The molecule has 3 aromatic rings. The van der Waals surface area contributed by atoms with E-state index < -0.39 is 0 Å². The minimum atomic E-state index is -0.115. The zero-order chi connectivity index (χ0) is 22.1. The molecule has 31 heavy (non-hydrogen) atoms. The number of hydrogen-bond donors (Lipinski definition) is 2. The summed E-state index contributed by atoms with van der Waals surface area (Å²) in [5.41, 5.74) is 2.41. The van der Waals surface area contributed by atoms with E-state index in [2.05, 4.69) is 15.6 Å². The Hall–Kier alpha value is -3.39. The summed E-state index contributed by atoms with van der Waals surface area (Å²) >= 11 is 1.37. The monoisotopic (exact) mass is 439 g/mol. The third-order valence-corrected chi connectivity index (χ3v) is 4.96. The van der Waals surface area contributed by atoms with Gasteiger partial charge in [0.2, 0.25) is 11.8 Å². The molecule has 2 amide bonds. The Kier molecular flexibility index (Phi) is 8.00. The molecule has 0 fully saturated rings. The van der Waals surface area contributed by atoms with Gasteiger partial charge in [-0.25, -0.2) is 4.98 Å². The van der Waals surface area contributed by atoms with Crippen LogP contribution in [0.2, 0.25) is 0 Å². The van der Waals surface area contributed by atoms with E-state index in [-0.39, 0.29) is 11.8 Å². The van der Waals surface area contributed by atoms with Crippen molar-refractivity contribution in [1.29, 1.82) is 0 Å². The molecule has 2 N–H and O–H groups in total. The van der Waals surface area contributed by atoms with Crippen LogP contribution in [-0.2, 0) is 9.59 Å². The van der Waals surface area contributed by atoms with Gasteiger partial charge in [-0.1, -0.05) is 24.3 Å². The van der Waals surface area contributed by atoms with Gasteiger partial charge in [-0.3, -0.25) is 9.59 Å². The molecule has 0 saturated heterocycles. The van der Waals surface area contributed by atoms with Gasteiger partial charge in [-0.05, 0) is 37.6 Å². The average Bonchev–Trinajstić information content (AvgIpc) is 3.21. The lowest BCUT2D eigenvalue weighted by Gasteiger charge is -2.11. The number of hydrogen-bond acceptors (Lipinski definition) is 6. The number of nitrogens with zero attached hydrogens (tertiary/aromatic N) is 1. The Morgan fingerprint density at radius 3 is 2.39 bits per heavy atom. The van der Waals surface area contributed by atoms with E-state index in [1.807, 2.05) is 60.8 Å². The van der Waals surface area contributed by atoms with Gasteiger partial charge in [0.1, 0.15) is 0 Å². The number of benzene rings is 2. The fourth-order valence-electron chi connectivity index (χ4n) is 2.83. The number of thiazole rings is 1. The summed E-state index contributed by atoms with van der Waals surface area (Å²) in [6, 6.07) is 14.9. The Morgan fingerprint density at radius 1 is 1.00 bits per heavy atom. The quantitative estimate of drug-likeness (QED) is 0.436. The molecule has 162 valence electrons. The van der Waals surface area contributed by atoms with E-state index in [1.54, 1.807) is 0 Å². The molecule has 2 aromatic carbocycles. The van der Waals surface area contributed by atoms with Gasteiger partial charge >= 0.3 is 0 Å². The number of nitrogens with one attached hydrogen (secondary N) is 2. The number of amides is 2. The summed E-state index contributed by atoms with van der Waals surface area (Å²) in [6.45, 7) is 4.38. The van der Waals surface area contributed by atoms with Crippen molar-refractivity contribution in [1.82, 2.24) is 4.98 Å². The van der Waals surface area contributed by atoms with Gasteiger partial charge in [0.05, 0.1) is 18.9 Å². The Bertz CT molecular complexity index is 1020. The van der Waals surface area contributed by atoms with Crippen molar-refractivity contribution in [2.45, 2.75) is 26.7 Å². The third-order valence-electron chi connectivity index (χ3n) is 4.21. The minimum absolute atomic E-state index is 0.108. The van der Waals surface area contributed by atoms with Crippen LogP contribution in [0.15, 0.2) is 53.9 Å². The van der Waals surface area contributed by atoms with Gasteiger partial charge in [0, 0.05) is 30.0 Å². The topological polar surface area (TPSA) is 89.6 Å². The second-order valence-corrected chi connectivity index (χ2v) is 7.53. The maximum Gasteiger partial charge on any atom is 0.226 e. The molecule has 1 aromatic heterocycles. The van der Waals surface area contributed by atoms with Crippen LogP contribution in [-0.4, -0.2) is 30.0 Å². The molecule has 0 atom stereocenters. The highest BCUT2D eigenvalue weighted by molar-refractivity contribution is 7.14. The van der Waals surface area contributed by atoms with E-state index in [0.29, 0.717) is 42.7 Å². The van der Waals surface area contributed by atoms with Crippen molar-refractivity contribution >= 4 is 34.0 Å². The molecular formula is C23H25N3O4S. The Morgan fingerprint density at radius 2 is 1.71 bits per heavy atom.